The third kappa shape index (κ3) is 5.17. The number of anilines is 2. The Morgan fingerprint density at radius 3 is 2.18 bits per heavy atom. The van der Waals surface area contributed by atoms with Crippen molar-refractivity contribution in [2.45, 2.75) is 26.8 Å². The Balaban J connectivity index is 1.44. The second-order valence-corrected chi connectivity index (χ2v) is 7.89. The average molecular weight is 443 g/mol. The molecule has 2 amide bonds. The van der Waals surface area contributed by atoms with Gasteiger partial charge in [0, 0.05) is 13.1 Å². The first-order valence-electron chi connectivity index (χ1n) is 10.7. The number of hydrogen-bond acceptors (Lipinski definition) is 4. The van der Waals surface area contributed by atoms with Crippen LogP contribution in [0.4, 0.5) is 11.5 Å². The summed E-state index contributed by atoms with van der Waals surface area (Å²) in [7, 11) is 1.68. The molecule has 33 heavy (non-hydrogen) atoms. The van der Waals surface area contributed by atoms with Crippen molar-refractivity contribution >= 4 is 23.3 Å². The molecule has 0 radical (unpaired) electrons. The molecular formula is C25H26N6O2. The maximum absolute atomic E-state index is 12.9. The molecule has 0 saturated carbocycles. The van der Waals surface area contributed by atoms with Gasteiger partial charge in [-0.05, 0) is 25.0 Å². The molecule has 2 aromatic heterocycles. The first-order valence-corrected chi connectivity index (χ1v) is 10.7. The number of benzene rings is 2. The highest BCUT2D eigenvalue weighted by atomic mass is 16.2. The van der Waals surface area contributed by atoms with Crippen LogP contribution in [-0.2, 0) is 24.8 Å². The van der Waals surface area contributed by atoms with Crippen molar-refractivity contribution in [3.63, 3.8) is 0 Å². The van der Waals surface area contributed by atoms with Gasteiger partial charge in [0.05, 0.1) is 30.0 Å². The molecular weight excluding hydrogens is 416 g/mol. The molecule has 4 rings (SSSR count). The maximum atomic E-state index is 12.9. The Labute approximate surface area is 192 Å². The van der Waals surface area contributed by atoms with Gasteiger partial charge in [0.15, 0.2) is 5.69 Å². The fourth-order valence-electron chi connectivity index (χ4n) is 3.63. The summed E-state index contributed by atoms with van der Waals surface area (Å²) in [6.45, 7) is 4.40. The number of aryl methyl sites for hydroxylation is 2. The topological polar surface area (TPSA) is 93.8 Å². The lowest BCUT2D eigenvalue weighted by Crippen LogP contribution is -2.16. The molecule has 0 aliphatic carbocycles. The number of nitrogens with zero attached hydrogens (tertiary/aromatic N) is 4. The quantitative estimate of drug-likeness (QED) is 0.456. The molecule has 8 heteroatoms. The van der Waals surface area contributed by atoms with Crippen LogP contribution in [0.15, 0.2) is 66.7 Å². The van der Waals surface area contributed by atoms with E-state index in [4.69, 9.17) is 0 Å². The predicted molar refractivity (Wildman–Crippen MR) is 127 cm³/mol. The van der Waals surface area contributed by atoms with Crippen LogP contribution in [0.25, 0.3) is 0 Å². The molecule has 0 aliphatic heterocycles. The number of hydrogen-bond donors (Lipinski definition) is 2. The number of aromatic nitrogens is 4. The largest absolute Gasteiger partial charge is 0.317 e. The van der Waals surface area contributed by atoms with Gasteiger partial charge in [0.25, 0.3) is 5.91 Å². The zero-order valence-corrected chi connectivity index (χ0v) is 18.9. The maximum Gasteiger partial charge on any atom is 0.276 e. The fourth-order valence-corrected chi connectivity index (χ4v) is 3.63. The third-order valence-corrected chi connectivity index (χ3v) is 5.38. The lowest BCUT2D eigenvalue weighted by atomic mass is 10.1. The van der Waals surface area contributed by atoms with E-state index in [0.717, 1.165) is 22.5 Å². The molecule has 8 nitrogen and oxygen atoms in total. The van der Waals surface area contributed by atoms with Crippen molar-refractivity contribution < 1.29 is 9.59 Å². The van der Waals surface area contributed by atoms with Crippen molar-refractivity contribution in [3.05, 3.63) is 94.9 Å². The second-order valence-electron chi connectivity index (χ2n) is 7.89. The summed E-state index contributed by atoms with van der Waals surface area (Å²) < 4.78 is 3.35. The van der Waals surface area contributed by atoms with Gasteiger partial charge in [-0.15, -0.1) is 0 Å². The van der Waals surface area contributed by atoms with E-state index >= 15 is 0 Å². The van der Waals surface area contributed by atoms with E-state index in [1.165, 1.54) is 4.68 Å². The number of nitrogens with one attached hydrogen (secondary N) is 2. The van der Waals surface area contributed by atoms with Gasteiger partial charge in [0.1, 0.15) is 5.82 Å². The molecule has 0 fully saturated rings. The summed E-state index contributed by atoms with van der Waals surface area (Å²) in [5.74, 6) is -0.0843. The van der Waals surface area contributed by atoms with E-state index in [1.807, 2.05) is 79.2 Å². The Morgan fingerprint density at radius 2 is 1.52 bits per heavy atom. The van der Waals surface area contributed by atoms with E-state index in [2.05, 4.69) is 20.8 Å². The monoisotopic (exact) mass is 442 g/mol. The van der Waals surface area contributed by atoms with Crippen molar-refractivity contribution in [2.24, 2.45) is 7.05 Å². The van der Waals surface area contributed by atoms with E-state index in [0.29, 0.717) is 18.1 Å². The Bertz CT molecular complexity index is 1280. The van der Waals surface area contributed by atoms with Gasteiger partial charge >= 0.3 is 0 Å². The van der Waals surface area contributed by atoms with Gasteiger partial charge in [0.2, 0.25) is 5.91 Å². The minimum atomic E-state index is -0.361. The van der Waals surface area contributed by atoms with E-state index in [9.17, 15) is 9.59 Å². The van der Waals surface area contributed by atoms with Crippen LogP contribution >= 0.6 is 0 Å². The average Bonchev–Trinajstić information content (AvgIpc) is 3.29. The Kier molecular flexibility index (Phi) is 6.35. The van der Waals surface area contributed by atoms with Crippen molar-refractivity contribution in [2.75, 3.05) is 10.6 Å². The van der Waals surface area contributed by atoms with Gasteiger partial charge in [-0.25, -0.2) is 0 Å². The number of amides is 2. The Morgan fingerprint density at radius 1 is 0.879 bits per heavy atom. The number of carbonyl (C=O) groups is 2. The lowest BCUT2D eigenvalue weighted by Gasteiger charge is -2.06. The second kappa shape index (κ2) is 9.52. The van der Waals surface area contributed by atoms with Gasteiger partial charge < -0.3 is 10.6 Å². The molecule has 0 aliphatic rings. The summed E-state index contributed by atoms with van der Waals surface area (Å²) in [4.78, 5) is 25.3. The molecule has 0 atom stereocenters. The van der Waals surface area contributed by atoms with Crippen LogP contribution < -0.4 is 10.6 Å². The summed E-state index contributed by atoms with van der Waals surface area (Å²) in [5.41, 5.74) is 4.50. The van der Waals surface area contributed by atoms with Crippen molar-refractivity contribution in [1.82, 2.24) is 19.6 Å². The first kappa shape index (κ1) is 22.0. The number of rotatable bonds is 7. The van der Waals surface area contributed by atoms with Gasteiger partial charge in [-0.1, -0.05) is 60.7 Å². The Hall–Kier alpha value is -4.20. The molecule has 2 heterocycles. The molecule has 0 unspecified atom stereocenters. The van der Waals surface area contributed by atoms with E-state index in [1.54, 1.807) is 13.1 Å². The highest BCUT2D eigenvalue weighted by Gasteiger charge is 2.19. The van der Waals surface area contributed by atoms with E-state index in [-0.39, 0.29) is 23.9 Å². The predicted octanol–water partition coefficient (Wildman–Crippen LogP) is 3.72. The molecule has 0 saturated heterocycles. The highest BCUT2D eigenvalue weighted by Crippen LogP contribution is 2.22. The van der Waals surface area contributed by atoms with Crippen LogP contribution in [0.3, 0.4) is 0 Å². The van der Waals surface area contributed by atoms with Crippen LogP contribution in [0.2, 0.25) is 0 Å². The summed E-state index contributed by atoms with van der Waals surface area (Å²) >= 11 is 0. The molecule has 2 aromatic carbocycles. The van der Waals surface area contributed by atoms with Gasteiger partial charge in [-0.2, -0.15) is 10.2 Å². The number of carbonyl (C=O) groups excluding carboxylic acids is 2. The summed E-state index contributed by atoms with van der Waals surface area (Å²) in [6, 6.07) is 21.1. The zero-order chi connectivity index (χ0) is 23.4. The van der Waals surface area contributed by atoms with E-state index < -0.39 is 0 Å². The van der Waals surface area contributed by atoms with Crippen molar-refractivity contribution in [1.29, 1.82) is 0 Å². The standard InChI is InChI=1S/C25H26N6O2/c1-17-24(18(2)31(28-17)16-20-12-8-5-9-13-20)27-25(33)21-15-22(30(3)29-21)26-23(32)14-19-10-6-4-7-11-19/h4-13,15H,14,16H2,1-3H3,(H,26,32)(H,27,33). The zero-order valence-electron chi connectivity index (χ0n) is 18.9. The van der Waals surface area contributed by atoms with Crippen LogP contribution in [0, 0.1) is 13.8 Å². The van der Waals surface area contributed by atoms with Crippen LogP contribution in [0.1, 0.15) is 33.0 Å². The van der Waals surface area contributed by atoms with Crippen LogP contribution in [0.5, 0.6) is 0 Å². The SMILES string of the molecule is Cc1nn(Cc2ccccc2)c(C)c1NC(=O)c1cc(NC(=O)Cc2ccccc2)n(C)n1. The first-order chi connectivity index (χ1) is 15.9. The van der Waals surface area contributed by atoms with Crippen molar-refractivity contribution in [3.8, 4) is 0 Å². The van der Waals surface area contributed by atoms with Crippen LogP contribution in [-0.4, -0.2) is 31.4 Å². The minimum absolute atomic E-state index is 0.176. The molecule has 168 valence electrons. The lowest BCUT2D eigenvalue weighted by molar-refractivity contribution is -0.115. The summed E-state index contributed by atoms with van der Waals surface area (Å²) in [6.07, 6.45) is 0.243. The van der Waals surface area contributed by atoms with Gasteiger partial charge in [-0.3, -0.25) is 19.0 Å². The molecule has 2 N–H and O–H groups in total. The third-order valence-electron chi connectivity index (χ3n) is 5.38. The normalized spacial score (nSPS) is 10.8. The molecule has 4 aromatic rings. The molecule has 0 bridgehead atoms. The fraction of sp³-hybridized carbons (Fsp3) is 0.200. The highest BCUT2D eigenvalue weighted by molar-refractivity contribution is 6.04. The summed E-state index contributed by atoms with van der Waals surface area (Å²) in [5, 5.41) is 14.6. The molecule has 0 spiro atoms. The smallest absolute Gasteiger partial charge is 0.276 e. The minimum Gasteiger partial charge on any atom is -0.317 e.